The number of hydrogen-bond acceptors (Lipinski definition) is 4. The van der Waals surface area contributed by atoms with Gasteiger partial charge < -0.3 is 9.29 Å². The van der Waals surface area contributed by atoms with Gasteiger partial charge in [-0.05, 0) is 30.2 Å². The van der Waals surface area contributed by atoms with Crippen LogP contribution in [0.2, 0.25) is 0 Å². The third-order valence-corrected chi connectivity index (χ3v) is 4.99. The molecule has 0 saturated carbocycles. The zero-order valence-corrected chi connectivity index (χ0v) is 14.8. The summed E-state index contributed by atoms with van der Waals surface area (Å²) in [4.78, 5) is 11.9. The van der Waals surface area contributed by atoms with Crippen LogP contribution in [0.25, 0.3) is 5.57 Å². The summed E-state index contributed by atoms with van der Waals surface area (Å²) in [7, 11) is 1.54. The second kappa shape index (κ2) is 8.04. The zero-order valence-electron chi connectivity index (χ0n) is 14.0. The van der Waals surface area contributed by atoms with Gasteiger partial charge in [-0.2, -0.15) is 5.10 Å². The predicted octanol–water partition coefficient (Wildman–Crippen LogP) is 2.35. The molecule has 0 saturated heterocycles. The molecular weight excluding hydrogens is 324 g/mol. The Balaban J connectivity index is 2.34. The lowest BCUT2D eigenvalue weighted by molar-refractivity contribution is -0.121. The maximum Gasteiger partial charge on any atom is 0.240 e. The van der Waals surface area contributed by atoms with Gasteiger partial charge in [-0.15, -0.1) is 6.42 Å². The van der Waals surface area contributed by atoms with Crippen molar-refractivity contribution < 1.29 is 14.1 Å². The van der Waals surface area contributed by atoms with Crippen LogP contribution in [0.4, 0.5) is 0 Å². The van der Waals surface area contributed by atoms with Crippen molar-refractivity contribution in [1.82, 2.24) is 5.43 Å². The van der Waals surface area contributed by atoms with Gasteiger partial charge in [-0.3, -0.25) is 4.79 Å². The third kappa shape index (κ3) is 4.19. The summed E-state index contributed by atoms with van der Waals surface area (Å²) in [6.45, 7) is 3.91. The summed E-state index contributed by atoms with van der Waals surface area (Å²) in [5.74, 6) is 3.08. The van der Waals surface area contributed by atoms with Gasteiger partial charge in [0.1, 0.15) is 0 Å². The van der Waals surface area contributed by atoms with Crippen molar-refractivity contribution in [2.75, 3.05) is 12.9 Å². The number of carbonyl (C=O) groups is 1. The minimum atomic E-state index is -1.32. The molecule has 1 aliphatic heterocycles. The van der Waals surface area contributed by atoms with E-state index in [1.165, 1.54) is 7.11 Å². The average Bonchev–Trinajstić information content (AvgIpc) is 2.57. The van der Waals surface area contributed by atoms with Gasteiger partial charge in [0.2, 0.25) is 5.91 Å². The van der Waals surface area contributed by atoms with Crippen LogP contribution in [-0.4, -0.2) is 29.0 Å². The van der Waals surface area contributed by atoms with E-state index >= 15 is 0 Å². The van der Waals surface area contributed by atoms with Crippen LogP contribution in [0, 0.1) is 18.3 Å². The molecule has 2 atom stereocenters. The maximum absolute atomic E-state index is 12.3. The van der Waals surface area contributed by atoms with Crippen molar-refractivity contribution in [2.24, 2.45) is 11.0 Å². The van der Waals surface area contributed by atoms with E-state index < -0.39 is 11.2 Å². The Morgan fingerprint density at radius 1 is 1.62 bits per heavy atom. The van der Waals surface area contributed by atoms with Crippen LogP contribution in [0.15, 0.2) is 34.3 Å². The van der Waals surface area contributed by atoms with Crippen LogP contribution < -0.4 is 10.2 Å². The van der Waals surface area contributed by atoms with Crippen LogP contribution in [0.5, 0.6) is 5.75 Å². The standard InChI is InChI=1S/C18H20N2O3S/c1-5-8-24(22)17-11-14(6-7-16(17)23-4)12(2)9-15-13(3)10-18(21)20-19-15/h1,6-7,9,11,13H,8,10H2,2-4H3,(H,20,21). The van der Waals surface area contributed by atoms with Crippen molar-refractivity contribution in [2.45, 2.75) is 25.2 Å². The first-order chi connectivity index (χ1) is 11.5. The molecule has 0 radical (unpaired) electrons. The van der Waals surface area contributed by atoms with Gasteiger partial charge in [-0.25, -0.2) is 5.43 Å². The second-order valence-corrected chi connectivity index (χ2v) is 6.98. The van der Waals surface area contributed by atoms with Crippen LogP contribution in [-0.2, 0) is 16.0 Å². The Kier molecular flexibility index (Phi) is 6.07. The first-order valence-electron chi connectivity index (χ1n) is 7.51. The smallest absolute Gasteiger partial charge is 0.240 e. The zero-order chi connectivity index (χ0) is 17.7. The molecule has 1 aromatic rings. The molecule has 6 heteroatoms. The molecule has 2 rings (SSSR count). The largest absolute Gasteiger partial charge is 0.611 e. The number of benzene rings is 1. The fourth-order valence-corrected chi connectivity index (χ4v) is 3.34. The van der Waals surface area contributed by atoms with Gasteiger partial charge in [0.15, 0.2) is 16.4 Å². The summed E-state index contributed by atoms with van der Waals surface area (Å²) < 4.78 is 17.5. The summed E-state index contributed by atoms with van der Waals surface area (Å²) in [6, 6.07) is 5.50. The fourth-order valence-electron chi connectivity index (χ4n) is 2.40. The highest BCUT2D eigenvalue weighted by atomic mass is 32.2. The lowest BCUT2D eigenvalue weighted by Gasteiger charge is -2.17. The van der Waals surface area contributed by atoms with E-state index in [9.17, 15) is 9.35 Å². The fraction of sp³-hybridized carbons (Fsp3) is 0.333. The minimum Gasteiger partial charge on any atom is -0.611 e. The maximum atomic E-state index is 12.3. The van der Waals surface area contributed by atoms with Gasteiger partial charge in [-0.1, -0.05) is 18.9 Å². The van der Waals surface area contributed by atoms with Gasteiger partial charge in [0.25, 0.3) is 0 Å². The molecule has 126 valence electrons. The highest BCUT2D eigenvalue weighted by Gasteiger charge is 2.20. The monoisotopic (exact) mass is 344 g/mol. The number of rotatable bonds is 5. The average molecular weight is 344 g/mol. The van der Waals surface area contributed by atoms with Gasteiger partial charge in [0, 0.05) is 29.6 Å². The topological polar surface area (TPSA) is 73.8 Å². The van der Waals surface area contributed by atoms with Crippen molar-refractivity contribution in [1.29, 1.82) is 0 Å². The number of nitrogens with one attached hydrogen (secondary N) is 1. The first-order valence-corrected chi connectivity index (χ1v) is 8.83. The normalized spacial score (nSPS) is 19.1. The third-order valence-electron chi connectivity index (χ3n) is 3.75. The van der Waals surface area contributed by atoms with Gasteiger partial charge in [0.05, 0.1) is 12.8 Å². The second-order valence-electron chi connectivity index (χ2n) is 5.56. The number of hydrazone groups is 1. The molecule has 0 aromatic heterocycles. The van der Waals surface area contributed by atoms with E-state index in [4.69, 9.17) is 11.2 Å². The predicted molar refractivity (Wildman–Crippen MR) is 96.1 cm³/mol. The Labute approximate surface area is 145 Å². The summed E-state index contributed by atoms with van der Waals surface area (Å²) in [5, 5.41) is 4.11. The molecule has 0 aliphatic carbocycles. The van der Waals surface area contributed by atoms with E-state index in [0.717, 1.165) is 16.8 Å². The molecule has 0 bridgehead atoms. The highest BCUT2D eigenvalue weighted by molar-refractivity contribution is 7.91. The van der Waals surface area contributed by atoms with E-state index in [1.807, 2.05) is 32.1 Å². The molecule has 24 heavy (non-hydrogen) atoms. The number of allylic oxidation sites excluding steroid dienone is 2. The number of terminal acetylenes is 1. The molecular formula is C18H20N2O3S. The molecule has 2 unspecified atom stereocenters. The van der Waals surface area contributed by atoms with E-state index in [1.54, 1.807) is 6.07 Å². The molecule has 1 aliphatic rings. The lowest BCUT2D eigenvalue weighted by Crippen LogP contribution is -2.30. The highest BCUT2D eigenvalue weighted by Crippen LogP contribution is 2.29. The Morgan fingerprint density at radius 2 is 2.38 bits per heavy atom. The molecule has 1 amide bonds. The van der Waals surface area contributed by atoms with Crippen LogP contribution in [0.3, 0.4) is 0 Å². The van der Waals surface area contributed by atoms with E-state index in [0.29, 0.717) is 17.1 Å². The number of ether oxygens (including phenoxy) is 1. The first kappa shape index (κ1) is 18.1. The lowest BCUT2D eigenvalue weighted by atomic mass is 9.96. The van der Waals surface area contributed by atoms with Crippen LogP contribution >= 0.6 is 0 Å². The number of nitrogens with zero attached hydrogens (tertiary/aromatic N) is 1. The molecule has 1 heterocycles. The number of hydrogen-bond donors (Lipinski definition) is 1. The molecule has 1 N–H and O–H groups in total. The Bertz CT molecular complexity index is 734. The summed E-state index contributed by atoms with van der Waals surface area (Å²) in [6.07, 6.45) is 7.61. The molecule has 5 nitrogen and oxygen atoms in total. The number of methoxy groups -OCH3 is 1. The number of carbonyl (C=O) groups excluding carboxylic acids is 1. The van der Waals surface area contributed by atoms with Crippen molar-refractivity contribution >= 4 is 28.4 Å². The van der Waals surface area contributed by atoms with Crippen molar-refractivity contribution in [3.63, 3.8) is 0 Å². The van der Waals surface area contributed by atoms with E-state index in [-0.39, 0.29) is 17.6 Å². The number of amides is 1. The van der Waals surface area contributed by atoms with E-state index in [2.05, 4.69) is 16.4 Å². The molecule has 0 spiro atoms. The SMILES string of the molecule is C#CC[S+]([O-])c1cc(C(C)=CC2=NNC(=O)CC2C)ccc1OC. The summed E-state index contributed by atoms with van der Waals surface area (Å²) in [5.41, 5.74) is 5.17. The Hall–Kier alpha value is -2.23. The molecule has 1 aromatic carbocycles. The van der Waals surface area contributed by atoms with Crippen LogP contribution in [0.1, 0.15) is 25.8 Å². The Morgan fingerprint density at radius 3 is 3.00 bits per heavy atom. The van der Waals surface area contributed by atoms with Gasteiger partial charge >= 0.3 is 0 Å². The van der Waals surface area contributed by atoms with Crippen molar-refractivity contribution in [3.05, 3.63) is 29.8 Å². The quantitative estimate of drug-likeness (QED) is 0.658. The minimum absolute atomic E-state index is 0.0574. The summed E-state index contributed by atoms with van der Waals surface area (Å²) >= 11 is -1.32. The molecule has 0 fully saturated rings. The van der Waals surface area contributed by atoms with Crippen molar-refractivity contribution in [3.8, 4) is 18.1 Å².